The van der Waals surface area contributed by atoms with Gasteiger partial charge >= 0.3 is 0 Å². The summed E-state index contributed by atoms with van der Waals surface area (Å²) in [6.07, 6.45) is 1.47. The normalized spacial score (nSPS) is 11.2. The Balaban J connectivity index is 1.93. The Morgan fingerprint density at radius 1 is 1.04 bits per heavy atom. The van der Waals surface area contributed by atoms with Crippen molar-refractivity contribution in [3.05, 3.63) is 41.8 Å². The van der Waals surface area contributed by atoms with E-state index in [1.165, 1.54) is 37.8 Å². The molecule has 0 saturated heterocycles. The lowest BCUT2D eigenvalue weighted by atomic mass is 10.1. The van der Waals surface area contributed by atoms with E-state index in [4.69, 9.17) is 9.62 Å². The molecule has 2 heterocycles. The fraction of sp³-hybridized carbons (Fsp3) is 0.167. The monoisotopic (exact) mass is 371 g/mol. The lowest BCUT2D eigenvalue weighted by Crippen LogP contribution is -1.96. The minimum absolute atomic E-state index is 0.261. The molecule has 0 unspecified atom stereocenters. The van der Waals surface area contributed by atoms with Crippen LogP contribution in [0.5, 0.6) is 11.6 Å². The number of aryl methyl sites for hydroxylation is 1. The van der Waals surface area contributed by atoms with Gasteiger partial charge in [0.1, 0.15) is 16.3 Å². The predicted octanol–water partition coefficient (Wildman–Crippen LogP) is 4.30. The van der Waals surface area contributed by atoms with Gasteiger partial charge in [-0.3, -0.25) is 0 Å². The molecule has 0 atom stereocenters. The summed E-state index contributed by atoms with van der Waals surface area (Å²) in [4.78, 5) is 22.8. The first-order valence-corrected chi connectivity index (χ1v) is 8.53. The molecule has 4 aromatic rings. The van der Waals surface area contributed by atoms with Crippen molar-refractivity contribution in [3.63, 3.8) is 0 Å². The first-order valence-electron chi connectivity index (χ1n) is 7.71. The van der Waals surface area contributed by atoms with Crippen molar-refractivity contribution in [1.82, 2.24) is 15.0 Å². The number of methoxy groups -OCH3 is 1. The van der Waals surface area contributed by atoms with E-state index in [-0.39, 0.29) is 5.88 Å². The Bertz CT molecular complexity index is 1130. The number of hydrogen-bond acceptors (Lipinski definition) is 7. The van der Waals surface area contributed by atoms with Crippen LogP contribution in [0.2, 0.25) is 0 Å². The second-order valence-electron chi connectivity index (χ2n) is 5.61. The van der Waals surface area contributed by atoms with Crippen LogP contribution in [-0.4, -0.2) is 29.2 Å². The third-order valence-corrected chi connectivity index (χ3v) is 4.86. The van der Waals surface area contributed by atoms with E-state index < -0.39 is 5.82 Å². The number of hydrogen-bond donors (Lipinski definition) is 0. The van der Waals surface area contributed by atoms with Crippen LogP contribution in [0.25, 0.3) is 31.8 Å². The molecule has 0 aliphatic carbocycles. The van der Waals surface area contributed by atoms with Gasteiger partial charge in [0.15, 0.2) is 5.82 Å². The van der Waals surface area contributed by atoms with Gasteiger partial charge in [0, 0.05) is 11.6 Å². The van der Waals surface area contributed by atoms with Gasteiger partial charge in [-0.25, -0.2) is 19.3 Å². The smallest absolute Gasteiger partial charge is 0.275 e. The lowest BCUT2D eigenvalue weighted by molar-refractivity contribution is -0.181. The number of nitrogens with zero attached hydrogens (tertiary/aromatic N) is 3. The minimum Gasteiger partial charge on any atom is -0.497 e. The number of benzene rings is 2. The number of rotatable bonds is 4. The van der Waals surface area contributed by atoms with E-state index in [1.54, 1.807) is 6.07 Å². The molecular formula is C18H14FN3O3S. The summed E-state index contributed by atoms with van der Waals surface area (Å²) in [5.74, 6) is 0.303. The number of ether oxygens (including phenoxy) is 1. The van der Waals surface area contributed by atoms with E-state index >= 15 is 0 Å². The van der Waals surface area contributed by atoms with E-state index in [2.05, 4.69) is 19.8 Å². The number of fused-ring (bicyclic) bond motifs is 2. The highest BCUT2D eigenvalue weighted by atomic mass is 32.1. The first kappa shape index (κ1) is 16.6. The molecule has 0 bridgehead atoms. The van der Waals surface area contributed by atoms with Crippen LogP contribution in [-0.2, 0) is 4.89 Å². The van der Waals surface area contributed by atoms with Gasteiger partial charge in [0.25, 0.3) is 5.88 Å². The van der Waals surface area contributed by atoms with Crippen LogP contribution in [0.15, 0.2) is 30.5 Å². The maximum atomic E-state index is 14.3. The van der Waals surface area contributed by atoms with Crippen molar-refractivity contribution in [2.75, 3.05) is 14.2 Å². The van der Waals surface area contributed by atoms with Crippen molar-refractivity contribution >= 4 is 32.6 Å². The highest BCUT2D eigenvalue weighted by Gasteiger charge is 2.16. The zero-order chi connectivity index (χ0) is 18.3. The highest BCUT2D eigenvalue weighted by Crippen LogP contribution is 2.37. The van der Waals surface area contributed by atoms with Gasteiger partial charge in [-0.1, -0.05) is 0 Å². The summed E-state index contributed by atoms with van der Waals surface area (Å²) < 4.78 is 20.1. The van der Waals surface area contributed by atoms with Crippen molar-refractivity contribution < 1.29 is 18.9 Å². The minimum atomic E-state index is -0.416. The third kappa shape index (κ3) is 2.83. The van der Waals surface area contributed by atoms with Crippen LogP contribution in [0.1, 0.15) is 5.56 Å². The van der Waals surface area contributed by atoms with Crippen molar-refractivity contribution in [2.24, 2.45) is 0 Å². The molecule has 4 rings (SSSR count). The zero-order valence-corrected chi connectivity index (χ0v) is 15.1. The first-order chi connectivity index (χ1) is 12.6. The summed E-state index contributed by atoms with van der Waals surface area (Å²) in [5, 5.41) is 0.663. The molecule has 0 fully saturated rings. The SMILES string of the molecule is COOc1cnc2c(-c3nc4c(F)cc(OC)cc4s3)cc(C)cc2n1. The fourth-order valence-electron chi connectivity index (χ4n) is 2.73. The lowest BCUT2D eigenvalue weighted by Gasteiger charge is -2.06. The predicted molar refractivity (Wildman–Crippen MR) is 97.0 cm³/mol. The van der Waals surface area contributed by atoms with E-state index in [1.807, 2.05) is 19.1 Å². The molecule has 0 N–H and O–H groups in total. The Morgan fingerprint density at radius 3 is 2.65 bits per heavy atom. The van der Waals surface area contributed by atoms with Gasteiger partial charge in [0.2, 0.25) is 0 Å². The third-order valence-electron chi connectivity index (χ3n) is 3.83. The molecule has 2 aromatic carbocycles. The van der Waals surface area contributed by atoms with E-state index in [0.717, 1.165) is 11.1 Å². The second-order valence-corrected chi connectivity index (χ2v) is 6.64. The van der Waals surface area contributed by atoms with Gasteiger partial charge < -0.3 is 9.62 Å². The van der Waals surface area contributed by atoms with Crippen LogP contribution >= 0.6 is 11.3 Å². The Labute approximate surface area is 152 Å². The molecule has 0 spiro atoms. The van der Waals surface area contributed by atoms with E-state index in [0.29, 0.717) is 32.0 Å². The molecule has 2 aromatic heterocycles. The van der Waals surface area contributed by atoms with Crippen LogP contribution in [0, 0.1) is 12.7 Å². The summed E-state index contributed by atoms with van der Waals surface area (Å²) in [7, 11) is 2.91. The highest BCUT2D eigenvalue weighted by molar-refractivity contribution is 7.21. The molecule has 0 aliphatic heterocycles. The summed E-state index contributed by atoms with van der Waals surface area (Å²) in [5.41, 5.74) is 3.38. The molecule has 0 aliphatic rings. The Hall–Kier alpha value is -2.84. The fourth-order valence-corrected chi connectivity index (χ4v) is 3.76. The summed E-state index contributed by atoms with van der Waals surface area (Å²) >= 11 is 1.38. The van der Waals surface area contributed by atoms with Gasteiger partial charge in [0.05, 0.1) is 36.1 Å². The molecule has 8 heteroatoms. The molecule has 0 saturated carbocycles. The maximum absolute atomic E-state index is 14.3. The van der Waals surface area contributed by atoms with Gasteiger partial charge in [-0.2, -0.15) is 4.89 Å². The maximum Gasteiger partial charge on any atom is 0.275 e. The molecular weight excluding hydrogens is 357 g/mol. The molecule has 132 valence electrons. The van der Waals surface area contributed by atoms with Gasteiger partial charge in [-0.05, 0) is 30.7 Å². The van der Waals surface area contributed by atoms with Crippen LogP contribution < -0.4 is 9.62 Å². The molecule has 6 nitrogen and oxygen atoms in total. The van der Waals surface area contributed by atoms with Crippen molar-refractivity contribution in [1.29, 1.82) is 0 Å². The average molecular weight is 371 g/mol. The zero-order valence-electron chi connectivity index (χ0n) is 14.2. The summed E-state index contributed by atoms with van der Waals surface area (Å²) in [6, 6.07) is 6.95. The number of thiazole rings is 1. The van der Waals surface area contributed by atoms with Crippen LogP contribution in [0.4, 0.5) is 4.39 Å². The van der Waals surface area contributed by atoms with Crippen LogP contribution in [0.3, 0.4) is 0 Å². The quantitative estimate of drug-likeness (QED) is 0.394. The van der Waals surface area contributed by atoms with Crippen molar-refractivity contribution in [2.45, 2.75) is 6.92 Å². The Morgan fingerprint density at radius 2 is 1.88 bits per heavy atom. The van der Waals surface area contributed by atoms with Gasteiger partial charge in [-0.15, -0.1) is 11.3 Å². The average Bonchev–Trinajstić information content (AvgIpc) is 3.05. The molecule has 26 heavy (non-hydrogen) atoms. The second kappa shape index (κ2) is 6.47. The van der Waals surface area contributed by atoms with E-state index in [9.17, 15) is 4.39 Å². The number of halogens is 1. The largest absolute Gasteiger partial charge is 0.497 e. The topological polar surface area (TPSA) is 66.4 Å². The summed E-state index contributed by atoms with van der Waals surface area (Å²) in [6.45, 7) is 1.95. The molecule has 0 amide bonds. The number of aromatic nitrogens is 3. The standard InChI is InChI=1S/C18H14FN3O3S/c1-9-4-11(16-13(5-9)21-15(8-20-16)25-24-3)18-22-17-12(19)6-10(23-2)7-14(17)26-18/h4-8H,1-3H3. The molecule has 0 radical (unpaired) electrons. The van der Waals surface area contributed by atoms with Crippen molar-refractivity contribution in [3.8, 4) is 22.2 Å². The Kier molecular flexibility index (Phi) is 4.14.